The molecule has 2 aliphatic rings. The predicted octanol–water partition coefficient (Wildman–Crippen LogP) is 3.21. The third-order valence-electron chi connectivity index (χ3n) is 5.41. The molecule has 0 saturated carbocycles. The third-order valence-corrected chi connectivity index (χ3v) is 5.41. The molecule has 1 heterocycles. The average Bonchev–Trinajstić information content (AvgIpc) is 2.99. The second kappa shape index (κ2) is 6.78. The lowest BCUT2D eigenvalue weighted by molar-refractivity contribution is 0.0946. The fourth-order valence-electron chi connectivity index (χ4n) is 3.89. The lowest BCUT2D eigenvalue weighted by Gasteiger charge is -2.15. The molecule has 0 aromatic heterocycles. The summed E-state index contributed by atoms with van der Waals surface area (Å²) in [5.41, 5.74) is 6.32. The van der Waals surface area contributed by atoms with Crippen LogP contribution in [0, 0.1) is 5.92 Å². The zero-order valence-electron chi connectivity index (χ0n) is 14.0. The molecule has 124 valence electrons. The Labute approximate surface area is 143 Å². The molecule has 0 radical (unpaired) electrons. The summed E-state index contributed by atoms with van der Waals surface area (Å²) < 4.78 is 0. The highest BCUT2D eigenvalue weighted by Crippen LogP contribution is 2.24. The number of carbonyl (C=O) groups excluding carboxylic acids is 1. The standard InChI is InChI=1S/C21H24N2O/c24-21(18-9-10-19-13-22-14-20(19)11-18)23-12-15-5-7-16-3-1-2-4-17(16)8-6-15/h1-4,9-11,15,22H,5-8,12-14H2,(H,23,24). The lowest BCUT2D eigenvalue weighted by Crippen LogP contribution is -2.29. The summed E-state index contributed by atoms with van der Waals surface area (Å²) in [7, 11) is 0. The van der Waals surface area contributed by atoms with E-state index in [0.29, 0.717) is 5.92 Å². The number of aryl methyl sites for hydroxylation is 2. The molecule has 2 N–H and O–H groups in total. The lowest BCUT2D eigenvalue weighted by atomic mass is 9.99. The fraction of sp³-hybridized carbons (Fsp3) is 0.381. The van der Waals surface area contributed by atoms with E-state index in [1.165, 1.54) is 22.3 Å². The summed E-state index contributed by atoms with van der Waals surface area (Å²) in [5.74, 6) is 0.629. The molecule has 3 nitrogen and oxygen atoms in total. The molecule has 0 fully saturated rings. The van der Waals surface area contributed by atoms with Gasteiger partial charge in [-0.3, -0.25) is 4.79 Å². The molecule has 1 aliphatic heterocycles. The highest BCUT2D eigenvalue weighted by atomic mass is 16.1. The van der Waals surface area contributed by atoms with Crippen LogP contribution in [0.4, 0.5) is 0 Å². The number of amides is 1. The van der Waals surface area contributed by atoms with Crippen molar-refractivity contribution in [2.24, 2.45) is 5.92 Å². The SMILES string of the molecule is O=C(NCC1CCc2ccccc2CC1)c1ccc2c(c1)CNC2. The third kappa shape index (κ3) is 3.22. The summed E-state index contributed by atoms with van der Waals surface area (Å²) in [4.78, 5) is 12.5. The van der Waals surface area contributed by atoms with Gasteiger partial charge in [0.2, 0.25) is 0 Å². The Morgan fingerprint density at radius 2 is 1.67 bits per heavy atom. The van der Waals surface area contributed by atoms with E-state index in [2.05, 4.69) is 41.0 Å². The Kier molecular flexibility index (Phi) is 4.35. The van der Waals surface area contributed by atoms with E-state index < -0.39 is 0 Å². The Morgan fingerprint density at radius 3 is 2.42 bits per heavy atom. The van der Waals surface area contributed by atoms with Gasteiger partial charge in [0.25, 0.3) is 5.91 Å². The van der Waals surface area contributed by atoms with Crippen molar-refractivity contribution >= 4 is 5.91 Å². The first kappa shape index (κ1) is 15.4. The first-order chi connectivity index (χ1) is 11.8. The van der Waals surface area contributed by atoms with Gasteiger partial charge in [0.15, 0.2) is 0 Å². The summed E-state index contributed by atoms with van der Waals surface area (Å²) in [6.07, 6.45) is 4.57. The van der Waals surface area contributed by atoms with Gasteiger partial charge >= 0.3 is 0 Å². The van der Waals surface area contributed by atoms with Crippen molar-refractivity contribution in [2.75, 3.05) is 6.54 Å². The molecule has 24 heavy (non-hydrogen) atoms. The molecular weight excluding hydrogens is 296 g/mol. The molecule has 3 heteroatoms. The van der Waals surface area contributed by atoms with E-state index in [1.54, 1.807) is 0 Å². The zero-order valence-corrected chi connectivity index (χ0v) is 14.0. The molecule has 1 aliphatic carbocycles. The number of hydrogen-bond acceptors (Lipinski definition) is 2. The van der Waals surface area contributed by atoms with Crippen molar-refractivity contribution in [3.8, 4) is 0 Å². The van der Waals surface area contributed by atoms with E-state index in [1.807, 2.05) is 12.1 Å². The molecule has 0 bridgehead atoms. The topological polar surface area (TPSA) is 41.1 Å². The molecule has 0 unspecified atom stereocenters. The Bertz CT molecular complexity index is 726. The molecule has 4 rings (SSSR count). The normalized spacial score (nSPS) is 17.0. The van der Waals surface area contributed by atoms with E-state index in [0.717, 1.165) is 50.9 Å². The maximum absolute atomic E-state index is 12.5. The van der Waals surface area contributed by atoms with Crippen LogP contribution in [-0.4, -0.2) is 12.5 Å². The van der Waals surface area contributed by atoms with E-state index >= 15 is 0 Å². The maximum atomic E-state index is 12.5. The van der Waals surface area contributed by atoms with Crippen LogP contribution in [0.5, 0.6) is 0 Å². The molecule has 1 amide bonds. The largest absolute Gasteiger partial charge is 0.352 e. The fourth-order valence-corrected chi connectivity index (χ4v) is 3.89. The summed E-state index contributed by atoms with van der Waals surface area (Å²) in [6, 6.07) is 14.8. The van der Waals surface area contributed by atoms with Gasteiger partial charge in [-0.2, -0.15) is 0 Å². The van der Waals surface area contributed by atoms with Crippen LogP contribution in [0.2, 0.25) is 0 Å². The van der Waals surface area contributed by atoms with E-state index in [4.69, 9.17) is 0 Å². The quantitative estimate of drug-likeness (QED) is 0.853. The average molecular weight is 320 g/mol. The van der Waals surface area contributed by atoms with Crippen molar-refractivity contribution in [3.05, 3.63) is 70.3 Å². The minimum atomic E-state index is 0.0615. The minimum absolute atomic E-state index is 0.0615. The number of hydrogen-bond donors (Lipinski definition) is 2. The summed E-state index contributed by atoms with van der Waals surface area (Å²) >= 11 is 0. The van der Waals surface area contributed by atoms with Gasteiger partial charge in [-0.1, -0.05) is 30.3 Å². The van der Waals surface area contributed by atoms with Crippen LogP contribution in [0.25, 0.3) is 0 Å². The molecule has 0 atom stereocenters. The molecule has 0 spiro atoms. The van der Waals surface area contributed by atoms with Gasteiger partial charge in [-0.15, -0.1) is 0 Å². The highest BCUT2D eigenvalue weighted by molar-refractivity contribution is 5.94. The van der Waals surface area contributed by atoms with E-state index in [-0.39, 0.29) is 5.91 Å². The van der Waals surface area contributed by atoms with Gasteiger partial charge in [-0.05, 0) is 66.0 Å². The molecule has 2 aromatic carbocycles. The number of fused-ring (bicyclic) bond motifs is 2. The van der Waals surface area contributed by atoms with Crippen LogP contribution in [-0.2, 0) is 25.9 Å². The van der Waals surface area contributed by atoms with Crippen molar-refractivity contribution in [3.63, 3.8) is 0 Å². The van der Waals surface area contributed by atoms with Gasteiger partial charge in [0.1, 0.15) is 0 Å². The smallest absolute Gasteiger partial charge is 0.251 e. The van der Waals surface area contributed by atoms with Gasteiger partial charge in [0, 0.05) is 25.2 Å². The Hall–Kier alpha value is -2.13. The minimum Gasteiger partial charge on any atom is -0.352 e. The van der Waals surface area contributed by atoms with Gasteiger partial charge in [0.05, 0.1) is 0 Å². The van der Waals surface area contributed by atoms with Crippen LogP contribution in [0.3, 0.4) is 0 Å². The maximum Gasteiger partial charge on any atom is 0.251 e. The zero-order chi connectivity index (χ0) is 16.4. The number of carbonyl (C=O) groups is 1. The molecule has 0 saturated heterocycles. The summed E-state index contributed by atoms with van der Waals surface area (Å²) in [5, 5.41) is 6.48. The van der Waals surface area contributed by atoms with Gasteiger partial charge in [-0.25, -0.2) is 0 Å². The van der Waals surface area contributed by atoms with Crippen molar-refractivity contribution in [2.45, 2.75) is 38.8 Å². The summed E-state index contributed by atoms with van der Waals surface area (Å²) in [6.45, 7) is 2.57. The second-order valence-corrected chi connectivity index (χ2v) is 7.01. The van der Waals surface area contributed by atoms with Crippen LogP contribution >= 0.6 is 0 Å². The van der Waals surface area contributed by atoms with Crippen LogP contribution < -0.4 is 10.6 Å². The van der Waals surface area contributed by atoms with Crippen molar-refractivity contribution < 1.29 is 4.79 Å². The molecular formula is C21H24N2O. The predicted molar refractivity (Wildman–Crippen MR) is 95.9 cm³/mol. The first-order valence-corrected chi connectivity index (χ1v) is 8.97. The van der Waals surface area contributed by atoms with Crippen molar-refractivity contribution in [1.29, 1.82) is 0 Å². The van der Waals surface area contributed by atoms with Crippen LogP contribution in [0.1, 0.15) is 45.5 Å². The van der Waals surface area contributed by atoms with Crippen molar-refractivity contribution in [1.82, 2.24) is 10.6 Å². The van der Waals surface area contributed by atoms with Gasteiger partial charge < -0.3 is 10.6 Å². The Morgan fingerprint density at radius 1 is 0.958 bits per heavy atom. The Balaban J connectivity index is 1.35. The number of rotatable bonds is 3. The second-order valence-electron chi connectivity index (χ2n) is 7.01. The monoisotopic (exact) mass is 320 g/mol. The number of benzene rings is 2. The molecule has 2 aromatic rings. The number of nitrogens with one attached hydrogen (secondary N) is 2. The first-order valence-electron chi connectivity index (χ1n) is 8.97. The van der Waals surface area contributed by atoms with E-state index in [9.17, 15) is 4.79 Å². The highest BCUT2D eigenvalue weighted by Gasteiger charge is 2.18. The van der Waals surface area contributed by atoms with Crippen LogP contribution in [0.15, 0.2) is 42.5 Å².